The number of nitrogens with zero attached hydrogens (tertiary/aromatic N) is 2. The third-order valence-electron chi connectivity index (χ3n) is 4.84. The van der Waals surface area contributed by atoms with Crippen molar-refractivity contribution >= 4 is 46.4 Å². The van der Waals surface area contributed by atoms with E-state index in [4.69, 9.17) is 9.97 Å². The molecule has 0 fully saturated rings. The summed E-state index contributed by atoms with van der Waals surface area (Å²) in [6.07, 6.45) is 8.25. The van der Waals surface area contributed by atoms with Gasteiger partial charge in [-0.05, 0) is 72.7 Å². The van der Waals surface area contributed by atoms with Crippen LogP contribution in [0.2, 0.25) is 0 Å². The molecular weight excluding hydrogens is 332 g/mol. The smallest absolute Gasteiger partial charge is 0.0693 e. The molecule has 132 valence electrons. The van der Waals surface area contributed by atoms with E-state index in [1.54, 1.807) is 0 Å². The van der Waals surface area contributed by atoms with E-state index in [9.17, 15) is 0 Å². The summed E-state index contributed by atoms with van der Waals surface area (Å²) in [7, 11) is 0. The van der Waals surface area contributed by atoms with Crippen LogP contribution in [0.3, 0.4) is 0 Å². The molecule has 8 bridgehead atoms. The molecule has 2 N–H and O–H groups in total. The Morgan fingerprint density at radius 1 is 0.667 bits per heavy atom. The predicted octanol–water partition coefficient (Wildman–Crippen LogP) is 5.78. The van der Waals surface area contributed by atoms with Gasteiger partial charge in [-0.25, -0.2) is 9.97 Å². The Hall–Kier alpha value is -3.40. The van der Waals surface area contributed by atoms with Crippen molar-refractivity contribution in [2.45, 2.75) is 19.8 Å². The van der Waals surface area contributed by atoms with Gasteiger partial charge in [0, 0.05) is 27.6 Å². The molecule has 27 heavy (non-hydrogen) atoms. The number of H-pyrrole nitrogens is 2. The lowest BCUT2D eigenvalue weighted by molar-refractivity contribution is 0.864. The molecule has 0 saturated heterocycles. The van der Waals surface area contributed by atoms with Crippen LogP contribution < -0.4 is 0 Å². The number of aromatic nitrogens is 4. The standard InChI is InChI=1S/C23H20N4/c1-14(2)23-21-9-7-19(26-21)12-17-5-3-15(24-17)11-16-4-6-18(25-16)13-20-8-10-22(23)27-20/h3-14,24,27H,1-2H3. The summed E-state index contributed by atoms with van der Waals surface area (Å²) < 4.78 is 0. The molecule has 5 rings (SSSR count). The van der Waals surface area contributed by atoms with Crippen LogP contribution in [0.25, 0.3) is 46.4 Å². The van der Waals surface area contributed by atoms with Crippen molar-refractivity contribution in [3.8, 4) is 0 Å². The second kappa shape index (κ2) is 6.09. The second-order valence-corrected chi connectivity index (χ2v) is 7.25. The highest BCUT2D eigenvalue weighted by Crippen LogP contribution is 2.26. The molecule has 0 aliphatic carbocycles. The molecule has 5 heterocycles. The van der Waals surface area contributed by atoms with Crippen molar-refractivity contribution in [2.24, 2.45) is 0 Å². The van der Waals surface area contributed by atoms with Crippen LogP contribution in [-0.4, -0.2) is 19.9 Å². The van der Waals surface area contributed by atoms with Gasteiger partial charge in [0.15, 0.2) is 0 Å². The van der Waals surface area contributed by atoms with Gasteiger partial charge in [0.05, 0.1) is 22.8 Å². The number of rotatable bonds is 1. The first-order valence-electron chi connectivity index (χ1n) is 9.21. The zero-order valence-corrected chi connectivity index (χ0v) is 15.3. The highest BCUT2D eigenvalue weighted by molar-refractivity contribution is 5.79. The van der Waals surface area contributed by atoms with Crippen LogP contribution in [0.4, 0.5) is 0 Å². The lowest BCUT2D eigenvalue weighted by Crippen LogP contribution is -1.92. The number of nitrogens with one attached hydrogen (secondary N) is 2. The fraction of sp³-hybridized carbons (Fsp3) is 0.130. The Morgan fingerprint density at radius 2 is 1.22 bits per heavy atom. The highest BCUT2D eigenvalue weighted by atomic mass is 14.8. The Kier molecular flexibility index (Phi) is 3.57. The molecule has 2 aliphatic rings. The summed E-state index contributed by atoms with van der Waals surface area (Å²) in [6.45, 7) is 4.40. The predicted molar refractivity (Wildman–Crippen MR) is 113 cm³/mol. The Morgan fingerprint density at radius 3 is 1.89 bits per heavy atom. The van der Waals surface area contributed by atoms with Gasteiger partial charge in [-0.3, -0.25) is 0 Å². The second-order valence-electron chi connectivity index (χ2n) is 7.25. The molecule has 0 aromatic carbocycles. The molecule has 0 unspecified atom stereocenters. The molecule has 4 nitrogen and oxygen atoms in total. The number of hydrogen-bond donors (Lipinski definition) is 2. The molecule has 3 aromatic rings. The molecule has 3 aromatic heterocycles. The monoisotopic (exact) mass is 352 g/mol. The van der Waals surface area contributed by atoms with Gasteiger partial charge in [-0.1, -0.05) is 13.8 Å². The van der Waals surface area contributed by atoms with E-state index < -0.39 is 0 Å². The van der Waals surface area contributed by atoms with Crippen LogP contribution in [0, 0.1) is 0 Å². The Labute approximate surface area is 157 Å². The summed E-state index contributed by atoms with van der Waals surface area (Å²) in [6, 6.07) is 14.6. The lowest BCUT2D eigenvalue weighted by Gasteiger charge is -2.06. The molecule has 0 saturated carbocycles. The summed E-state index contributed by atoms with van der Waals surface area (Å²) in [5.74, 6) is 0.355. The number of fused-ring (bicyclic) bond motifs is 8. The average Bonchev–Trinajstić information content (AvgIpc) is 3.39. The SMILES string of the molecule is CC(C)c1c2nc(cc3ccc(cc4nc(cc5ccc1[nH]5)C=C4)[nH]3)C=C2. The normalized spacial score (nSPS) is 12.9. The van der Waals surface area contributed by atoms with Crippen LogP contribution >= 0.6 is 0 Å². The van der Waals surface area contributed by atoms with Crippen molar-refractivity contribution in [3.05, 3.63) is 70.8 Å². The summed E-state index contributed by atoms with van der Waals surface area (Å²) in [5, 5.41) is 0. The quantitative estimate of drug-likeness (QED) is 0.402. The summed E-state index contributed by atoms with van der Waals surface area (Å²) in [4.78, 5) is 16.5. The van der Waals surface area contributed by atoms with Crippen LogP contribution in [0.15, 0.2) is 42.5 Å². The molecule has 0 atom stereocenters. The Balaban J connectivity index is 1.89. The first-order chi connectivity index (χ1) is 13.1. The van der Waals surface area contributed by atoms with E-state index in [1.807, 2.05) is 12.2 Å². The third kappa shape index (κ3) is 2.99. The number of aromatic amines is 2. The van der Waals surface area contributed by atoms with E-state index in [0.717, 1.165) is 44.8 Å². The fourth-order valence-electron chi connectivity index (χ4n) is 3.64. The van der Waals surface area contributed by atoms with Gasteiger partial charge < -0.3 is 9.97 Å². The third-order valence-corrected chi connectivity index (χ3v) is 4.84. The van der Waals surface area contributed by atoms with Gasteiger partial charge >= 0.3 is 0 Å². The minimum absolute atomic E-state index is 0.355. The summed E-state index contributed by atoms with van der Waals surface area (Å²) in [5.41, 5.74) is 9.29. The maximum Gasteiger partial charge on any atom is 0.0693 e. The molecular formula is C23H20N4. The van der Waals surface area contributed by atoms with Crippen LogP contribution in [0.1, 0.15) is 48.1 Å². The topological polar surface area (TPSA) is 57.4 Å². The zero-order valence-electron chi connectivity index (χ0n) is 15.3. The number of hydrogen-bond acceptors (Lipinski definition) is 2. The van der Waals surface area contributed by atoms with Crippen LogP contribution in [0.5, 0.6) is 0 Å². The van der Waals surface area contributed by atoms with Gasteiger partial charge in [0.1, 0.15) is 0 Å². The van der Waals surface area contributed by atoms with E-state index in [0.29, 0.717) is 5.92 Å². The maximum atomic E-state index is 4.86. The molecule has 4 heteroatoms. The van der Waals surface area contributed by atoms with Crippen molar-refractivity contribution in [2.75, 3.05) is 0 Å². The first-order valence-corrected chi connectivity index (χ1v) is 9.21. The lowest BCUT2D eigenvalue weighted by atomic mass is 10.0. The molecule has 0 spiro atoms. The van der Waals surface area contributed by atoms with Crippen LogP contribution in [-0.2, 0) is 0 Å². The van der Waals surface area contributed by atoms with Crippen molar-refractivity contribution in [1.82, 2.24) is 19.9 Å². The average molecular weight is 352 g/mol. The molecule has 2 aliphatic heterocycles. The van der Waals surface area contributed by atoms with Crippen molar-refractivity contribution in [1.29, 1.82) is 0 Å². The minimum atomic E-state index is 0.355. The van der Waals surface area contributed by atoms with E-state index in [2.05, 4.69) is 78.4 Å². The molecule has 0 radical (unpaired) electrons. The minimum Gasteiger partial charge on any atom is -0.355 e. The van der Waals surface area contributed by atoms with Gasteiger partial charge in [0.2, 0.25) is 0 Å². The fourth-order valence-corrected chi connectivity index (χ4v) is 3.64. The van der Waals surface area contributed by atoms with Crippen molar-refractivity contribution in [3.63, 3.8) is 0 Å². The van der Waals surface area contributed by atoms with Gasteiger partial charge in [-0.2, -0.15) is 0 Å². The summed E-state index contributed by atoms with van der Waals surface area (Å²) >= 11 is 0. The largest absolute Gasteiger partial charge is 0.355 e. The maximum absolute atomic E-state index is 4.86. The zero-order chi connectivity index (χ0) is 18.4. The molecule has 0 amide bonds. The van der Waals surface area contributed by atoms with Gasteiger partial charge in [0.25, 0.3) is 0 Å². The Bertz CT molecular complexity index is 1250. The van der Waals surface area contributed by atoms with E-state index >= 15 is 0 Å². The highest BCUT2D eigenvalue weighted by Gasteiger charge is 2.11. The van der Waals surface area contributed by atoms with E-state index in [-0.39, 0.29) is 0 Å². The van der Waals surface area contributed by atoms with Crippen molar-refractivity contribution < 1.29 is 0 Å². The first kappa shape index (κ1) is 15.8. The van der Waals surface area contributed by atoms with Gasteiger partial charge in [-0.15, -0.1) is 0 Å². The van der Waals surface area contributed by atoms with E-state index in [1.165, 1.54) is 5.56 Å².